The van der Waals surface area contributed by atoms with E-state index < -0.39 is 10.0 Å². The minimum Gasteiger partial charge on any atom is -0.495 e. The standard InChI is InChI=1S/C14H19N3O5S.ClH/c1-21-12-5-10-11(22-8-14(18)16-10)6-13(12)23(19,20)17-9-3-2-4-15-7-9;/h5-6,9,15,17H,2-4,7-8H2,1H3,(H,16,18);1H. The number of methoxy groups -OCH3 is 1. The fraction of sp³-hybridized carbons (Fsp3) is 0.500. The number of halogens is 1. The number of benzene rings is 1. The van der Waals surface area contributed by atoms with Gasteiger partial charge in [-0.1, -0.05) is 0 Å². The van der Waals surface area contributed by atoms with Crippen LogP contribution in [0, 0.1) is 0 Å². The van der Waals surface area contributed by atoms with Crippen molar-refractivity contribution in [3.63, 3.8) is 0 Å². The second-order valence-electron chi connectivity index (χ2n) is 5.50. The van der Waals surface area contributed by atoms with Crippen LogP contribution in [0.5, 0.6) is 11.5 Å². The fourth-order valence-electron chi connectivity index (χ4n) is 2.69. The molecule has 0 aromatic heterocycles. The van der Waals surface area contributed by atoms with E-state index in [4.69, 9.17) is 9.47 Å². The number of fused-ring (bicyclic) bond motifs is 1. The molecule has 2 heterocycles. The van der Waals surface area contributed by atoms with E-state index in [-0.39, 0.29) is 41.6 Å². The van der Waals surface area contributed by atoms with Crippen molar-refractivity contribution in [1.29, 1.82) is 0 Å². The Morgan fingerprint density at radius 1 is 1.38 bits per heavy atom. The molecule has 1 atom stereocenters. The number of nitrogens with one attached hydrogen (secondary N) is 3. The Labute approximate surface area is 146 Å². The molecule has 8 nitrogen and oxygen atoms in total. The minimum absolute atomic E-state index is 0. The summed E-state index contributed by atoms with van der Waals surface area (Å²) >= 11 is 0. The van der Waals surface area contributed by atoms with E-state index in [1.807, 2.05) is 0 Å². The monoisotopic (exact) mass is 377 g/mol. The van der Waals surface area contributed by atoms with Crippen molar-refractivity contribution in [2.45, 2.75) is 23.8 Å². The Bertz CT molecular complexity index is 719. The Hall–Kier alpha value is -1.55. The van der Waals surface area contributed by atoms with Crippen molar-refractivity contribution in [3.8, 4) is 11.5 Å². The summed E-state index contributed by atoms with van der Waals surface area (Å²) in [5.74, 6) is 0.180. The van der Waals surface area contributed by atoms with Crippen LogP contribution in [0.15, 0.2) is 17.0 Å². The van der Waals surface area contributed by atoms with Crippen molar-refractivity contribution < 1.29 is 22.7 Å². The summed E-state index contributed by atoms with van der Waals surface area (Å²) in [6.07, 6.45) is 1.70. The van der Waals surface area contributed by atoms with Crippen LogP contribution >= 0.6 is 12.4 Å². The molecule has 0 saturated carbocycles. The van der Waals surface area contributed by atoms with Crippen LogP contribution in [0.2, 0.25) is 0 Å². The van der Waals surface area contributed by atoms with Gasteiger partial charge in [-0.25, -0.2) is 13.1 Å². The largest absolute Gasteiger partial charge is 0.495 e. The lowest BCUT2D eigenvalue weighted by Gasteiger charge is -2.25. The molecule has 24 heavy (non-hydrogen) atoms. The summed E-state index contributed by atoms with van der Waals surface area (Å²) in [6, 6.07) is 2.68. The molecule has 3 rings (SSSR count). The lowest BCUT2D eigenvalue weighted by atomic mass is 10.1. The average molecular weight is 378 g/mol. The predicted molar refractivity (Wildman–Crippen MR) is 90.6 cm³/mol. The van der Waals surface area contributed by atoms with Gasteiger partial charge in [0, 0.05) is 24.7 Å². The highest BCUT2D eigenvalue weighted by Gasteiger charge is 2.28. The second kappa shape index (κ2) is 7.56. The lowest BCUT2D eigenvalue weighted by molar-refractivity contribution is -0.118. The van der Waals surface area contributed by atoms with Gasteiger partial charge in [-0.05, 0) is 19.4 Å². The highest BCUT2D eigenvalue weighted by atomic mass is 35.5. The topological polar surface area (TPSA) is 106 Å². The number of ether oxygens (including phenoxy) is 2. The highest BCUT2D eigenvalue weighted by molar-refractivity contribution is 7.89. The number of anilines is 1. The number of hydrogen-bond acceptors (Lipinski definition) is 6. The number of rotatable bonds is 4. The van der Waals surface area contributed by atoms with Gasteiger partial charge in [-0.15, -0.1) is 12.4 Å². The van der Waals surface area contributed by atoms with Crippen molar-refractivity contribution in [3.05, 3.63) is 12.1 Å². The number of hydrogen-bond donors (Lipinski definition) is 3. The summed E-state index contributed by atoms with van der Waals surface area (Å²) in [7, 11) is -2.37. The molecular weight excluding hydrogens is 358 g/mol. The van der Waals surface area contributed by atoms with Crippen LogP contribution in [0.25, 0.3) is 0 Å². The van der Waals surface area contributed by atoms with E-state index in [1.165, 1.54) is 19.2 Å². The number of piperidine rings is 1. The van der Waals surface area contributed by atoms with Crippen LogP contribution in [0.1, 0.15) is 12.8 Å². The van der Waals surface area contributed by atoms with Crippen LogP contribution in [0.3, 0.4) is 0 Å². The van der Waals surface area contributed by atoms with E-state index in [0.717, 1.165) is 19.4 Å². The molecular formula is C14H20ClN3O5S. The number of carbonyl (C=O) groups excluding carboxylic acids is 1. The van der Waals surface area contributed by atoms with Crippen molar-refractivity contribution in [2.24, 2.45) is 0 Å². The maximum Gasteiger partial charge on any atom is 0.262 e. The van der Waals surface area contributed by atoms with Crippen molar-refractivity contribution in [2.75, 3.05) is 32.1 Å². The van der Waals surface area contributed by atoms with Gasteiger partial charge in [0.15, 0.2) is 6.61 Å². The molecule has 0 bridgehead atoms. The second-order valence-corrected chi connectivity index (χ2v) is 7.18. The highest BCUT2D eigenvalue weighted by Crippen LogP contribution is 2.37. The van der Waals surface area contributed by atoms with Crippen LogP contribution in [-0.2, 0) is 14.8 Å². The number of sulfonamides is 1. The molecule has 0 radical (unpaired) electrons. The molecule has 1 amide bonds. The first-order valence-electron chi connectivity index (χ1n) is 7.37. The molecule has 1 fully saturated rings. The summed E-state index contributed by atoms with van der Waals surface area (Å²) in [6.45, 7) is 1.35. The van der Waals surface area contributed by atoms with Crippen LogP contribution in [-0.4, -0.2) is 47.2 Å². The van der Waals surface area contributed by atoms with E-state index >= 15 is 0 Å². The predicted octanol–water partition coefficient (Wildman–Crippen LogP) is 0.478. The summed E-state index contributed by atoms with van der Waals surface area (Å²) in [5, 5.41) is 5.79. The Morgan fingerprint density at radius 2 is 2.17 bits per heavy atom. The van der Waals surface area contributed by atoms with Crippen LogP contribution < -0.4 is 24.8 Å². The molecule has 134 valence electrons. The third kappa shape index (κ3) is 3.92. The van der Waals surface area contributed by atoms with Gasteiger partial charge in [0.05, 0.1) is 12.8 Å². The molecule has 1 aromatic carbocycles. The SMILES string of the molecule is COc1cc2c(cc1S(=O)(=O)NC1CCCNC1)OCC(=O)N2.Cl. The fourth-order valence-corrected chi connectivity index (χ4v) is 4.13. The molecule has 3 N–H and O–H groups in total. The Morgan fingerprint density at radius 3 is 2.83 bits per heavy atom. The van der Waals surface area contributed by atoms with Crippen molar-refractivity contribution >= 4 is 34.0 Å². The normalized spacial score (nSPS) is 20.2. The summed E-state index contributed by atoms with van der Waals surface area (Å²) in [4.78, 5) is 11.4. The van der Waals surface area contributed by atoms with E-state index in [0.29, 0.717) is 18.0 Å². The molecule has 1 saturated heterocycles. The maximum atomic E-state index is 12.7. The van der Waals surface area contributed by atoms with Crippen molar-refractivity contribution in [1.82, 2.24) is 10.0 Å². The minimum atomic E-state index is -3.76. The first kappa shape index (κ1) is 18.8. The smallest absolute Gasteiger partial charge is 0.262 e. The van der Waals surface area contributed by atoms with Gasteiger partial charge in [-0.3, -0.25) is 4.79 Å². The van der Waals surface area contributed by atoms with Gasteiger partial charge < -0.3 is 20.1 Å². The Kier molecular flexibility index (Phi) is 5.92. The Balaban J connectivity index is 0.00000208. The van der Waals surface area contributed by atoms with Gasteiger partial charge in [0.1, 0.15) is 16.4 Å². The van der Waals surface area contributed by atoms with E-state index in [9.17, 15) is 13.2 Å². The van der Waals surface area contributed by atoms with Gasteiger partial charge in [0.2, 0.25) is 10.0 Å². The summed E-state index contributed by atoms with van der Waals surface area (Å²) < 4.78 is 38.5. The first-order chi connectivity index (χ1) is 11.0. The van der Waals surface area contributed by atoms with Gasteiger partial charge >= 0.3 is 0 Å². The first-order valence-corrected chi connectivity index (χ1v) is 8.85. The quantitative estimate of drug-likeness (QED) is 0.704. The average Bonchev–Trinajstić information content (AvgIpc) is 2.54. The van der Waals surface area contributed by atoms with E-state index in [2.05, 4.69) is 15.4 Å². The zero-order valence-electron chi connectivity index (χ0n) is 13.1. The molecule has 1 aromatic rings. The molecule has 2 aliphatic rings. The lowest BCUT2D eigenvalue weighted by Crippen LogP contribution is -2.45. The van der Waals surface area contributed by atoms with Crippen LogP contribution in [0.4, 0.5) is 5.69 Å². The molecule has 0 spiro atoms. The maximum absolute atomic E-state index is 12.7. The summed E-state index contributed by atoms with van der Waals surface area (Å²) in [5.41, 5.74) is 0.399. The molecule has 10 heteroatoms. The third-order valence-electron chi connectivity index (χ3n) is 3.81. The zero-order valence-corrected chi connectivity index (χ0v) is 14.8. The number of carbonyl (C=O) groups is 1. The molecule has 0 aliphatic carbocycles. The molecule has 2 aliphatic heterocycles. The molecule has 1 unspecified atom stereocenters. The third-order valence-corrected chi connectivity index (χ3v) is 5.35. The van der Waals surface area contributed by atoms with E-state index in [1.54, 1.807) is 0 Å². The van der Waals surface area contributed by atoms with Gasteiger partial charge in [0.25, 0.3) is 5.91 Å². The van der Waals surface area contributed by atoms with Gasteiger partial charge in [-0.2, -0.15) is 0 Å². The zero-order chi connectivity index (χ0) is 16.4. The number of amides is 1.